The minimum absolute atomic E-state index is 0.349. The van der Waals surface area contributed by atoms with E-state index in [1.54, 1.807) is 6.92 Å². The predicted octanol–water partition coefficient (Wildman–Crippen LogP) is 0.0169. The summed E-state index contributed by atoms with van der Waals surface area (Å²) in [6.45, 7) is 2.53. The molecule has 1 heterocycles. The van der Waals surface area contributed by atoms with Gasteiger partial charge in [-0.1, -0.05) is 0 Å². The standard InChI is InChI=1S/C9H12N2O4S/c1-5-10-3-6(16-5)7(12)11-4-9(2,15)8(13)14/h3,15H,4H2,1-2H3,(H,11,12)(H,13,14). The first kappa shape index (κ1) is 12.6. The Morgan fingerprint density at radius 1 is 1.62 bits per heavy atom. The van der Waals surface area contributed by atoms with Gasteiger partial charge in [0.25, 0.3) is 5.91 Å². The van der Waals surface area contributed by atoms with Crippen molar-refractivity contribution in [3.05, 3.63) is 16.1 Å². The summed E-state index contributed by atoms with van der Waals surface area (Å²) < 4.78 is 0. The summed E-state index contributed by atoms with van der Waals surface area (Å²) in [5.41, 5.74) is -1.96. The van der Waals surface area contributed by atoms with Gasteiger partial charge in [-0.25, -0.2) is 9.78 Å². The molecule has 0 saturated heterocycles. The Kier molecular flexibility index (Phi) is 3.61. The number of aryl methyl sites for hydroxylation is 1. The molecule has 1 atom stereocenters. The Balaban J connectivity index is 2.57. The summed E-state index contributed by atoms with van der Waals surface area (Å²) in [4.78, 5) is 26.3. The first-order valence-corrected chi connectivity index (χ1v) is 5.31. The highest BCUT2D eigenvalue weighted by atomic mass is 32.1. The first-order valence-electron chi connectivity index (χ1n) is 4.49. The van der Waals surface area contributed by atoms with Gasteiger partial charge < -0.3 is 15.5 Å². The van der Waals surface area contributed by atoms with Crippen LogP contribution in [0.2, 0.25) is 0 Å². The van der Waals surface area contributed by atoms with Crippen LogP contribution < -0.4 is 5.32 Å². The average Bonchev–Trinajstić information content (AvgIpc) is 2.61. The number of rotatable bonds is 4. The summed E-state index contributed by atoms with van der Waals surface area (Å²) in [7, 11) is 0. The second-order valence-electron chi connectivity index (χ2n) is 3.51. The zero-order valence-electron chi connectivity index (χ0n) is 8.85. The Morgan fingerprint density at radius 2 is 2.25 bits per heavy atom. The number of aliphatic hydroxyl groups is 1. The number of nitrogens with one attached hydrogen (secondary N) is 1. The molecule has 3 N–H and O–H groups in total. The number of nitrogens with zero attached hydrogens (tertiary/aromatic N) is 1. The lowest BCUT2D eigenvalue weighted by Crippen LogP contribution is -2.46. The lowest BCUT2D eigenvalue weighted by molar-refractivity contribution is -0.155. The molecule has 1 aromatic rings. The van der Waals surface area contributed by atoms with Crippen molar-refractivity contribution in [2.45, 2.75) is 19.4 Å². The Hall–Kier alpha value is -1.47. The van der Waals surface area contributed by atoms with Gasteiger partial charge in [0, 0.05) is 0 Å². The summed E-state index contributed by atoms with van der Waals surface area (Å²) in [6.07, 6.45) is 1.41. The van der Waals surface area contributed by atoms with Gasteiger partial charge in [0.1, 0.15) is 4.88 Å². The molecule has 0 fully saturated rings. The number of carboxylic acids is 1. The fourth-order valence-corrected chi connectivity index (χ4v) is 1.58. The van der Waals surface area contributed by atoms with Crippen molar-refractivity contribution < 1.29 is 19.8 Å². The fourth-order valence-electron chi connectivity index (χ4n) is 0.881. The molecule has 0 radical (unpaired) electrons. The van der Waals surface area contributed by atoms with E-state index in [1.165, 1.54) is 17.5 Å². The molecule has 6 nitrogen and oxygen atoms in total. The van der Waals surface area contributed by atoms with Crippen LogP contribution in [0, 0.1) is 6.92 Å². The van der Waals surface area contributed by atoms with Crippen molar-refractivity contribution in [1.82, 2.24) is 10.3 Å². The van der Waals surface area contributed by atoms with E-state index in [0.717, 1.165) is 11.9 Å². The quantitative estimate of drug-likeness (QED) is 0.693. The molecule has 1 rings (SSSR count). The van der Waals surface area contributed by atoms with Crippen molar-refractivity contribution in [2.75, 3.05) is 6.54 Å². The third-order valence-corrected chi connectivity index (χ3v) is 2.81. The van der Waals surface area contributed by atoms with Crippen LogP contribution in [-0.4, -0.2) is 39.2 Å². The second kappa shape index (κ2) is 4.58. The Bertz CT molecular complexity index is 413. The van der Waals surface area contributed by atoms with Crippen LogP contribution in [0.5, 0.6) is 0 Å². The maximum absolute atomic E-state index is 11.5. The lowest BCUT2D eigenvalue weighted by Gasteiger charge is -2.17. The molecule has 0 spiro atoms. The molecule has 1 aromatic heterocycles. The van der Waals surface area contributed by atoms with Gasteiger partial charge in [0.2, 0.25) is 0 Å². The van der Waals surface area contributed by atoms with Gasteiger partial charge in [-0.05, 0) is 13.8 Å². The van der Waals surface area contributed by atoms with E-state index in [-0.39, 0.29) is 6.54 Å². The highest BCUT2D eigenvalue weighted by Crippen LogP contribution is 2.11. The topological polar surface area (TPSA) is 99.5 Å². The summed E-state index contributed by atoms with van der Waals surface area (Å²) in [6, 6.07) is 0. The van der Waals surface area contributed by atoms with Crippen LogP contribution in [0.1, 0.15) is 21.6 Å². The molecule has 7 heteroatoms. The monoisotopic (exact) mass is 244 g/mol. The number of hydrogen-bond acceptors (Lipinski definition) is 5. The largest absolute Gasteiger partial charge is 0.479 e. The minimum atomic E-state index is -1.96. The molecular weight excluding hydrogens is 232 g/mol. The highest BCUT2D eigenvalue weighted by Gasteiger charge is 2.30. The number of aromatic nitrogens is 1. The number of aliphatic carboxylic acids is 1. The zero-order chi connectivity index (χ0) is 12.3. The first-order chi connectivity index (χ1) is 7.33. The van der Waals surface area contributed by atoms with Crippen molar-refractivity contribution in [3.63, 3.8) is 0 Å². The van der Waals surface area contributed by atoms with E-state index < -0.39 is 17.5 Å². The summed E-state index contributed by atoms with van der Waals surface area (Å²) >= 11 is 1.20. The molecule has 0 aliphatic rings. The number of carbonyl (C=O) groups is 2. The zero-order valence-corrected chi connectivity index (χ0v) is 9.67. The van der Waals surface area contributed by atoms with Crippen LogP contribution in [0.3, 0.4) is 0 Å². The number of carboxylic acid groups (broad SMARTS) is 1. The number of thiazole rings is 1. The molecular formula is C9H12N2O4S. The van der Waals surface area contributed by atoms with Crippen LogP contribution in [-0.2, 0) is 4.79 Å². The van der Waals surface area contributed by atoms with E-state index in [4.69, 9.17) is 5.11 Å². The average molecular weight is 244 g/mol. The molecule has 16 heavy (non-hydrogen) atoms. The molecule has 0 saturated carbocycles. The Morgan fingerprint density at radius 3 is 2.69 bits per heavy atom. The maximum Gasteiger partial charge on any atom is 0.337 e. The predicted molar refractivity (Wildman–Crippen MR) is 57.4 cm³/mol. The third-order valence-electron chi connectivity index (χ3n) is 1.90. The molecule has 0 aliphatic carbocycles. The highest BCUT2D eigenvalue weighted by molar-refractivity contribution is 7.13. The van der Waals surface area contributed by atoms with Gasteiger partial charge in [0.05, 0.1) is 17.7 Å². The lowest BCUT2D eigenvalue weighted by atomic mass is 10.1. The van der Waals surface area contributed by atoms with Gasteiger partial charge in [-0.2, -0.15) is 0 Å². The minimum Gasteiger partial charge on any atom is -0.479 e. The molecule has 88 valence electrons. The van der Waals surface area contributed by atoms with Crippen molar-refractivity contribution >= 4 is 23.2 Å². The van der Waals surface area contributed by atoms with Crippen LogP contribution >= 0.6 is 11.3 Å². The van der Waals surface area contributed by atoms with Gasteiger partial charge in [0.15, 0.2) is 5.60 Å². The molecule has 1 unspecified atom stereocenters. The number of amides is 1. The van der Waals surface area contributed by atoms with Crippen LogP contribution in [0.25, 0.3) is 0 Å². The fraction of sp³-hybridized carbons (Fsp3) is 0.444. The molecule has 0 bridgehead atoms. The molecule has 0 aromatic carbocycles. The number of hydrogen-bond donors (Lipinski definition) is 3. The smallest absolute Gasteiger partial charge is 0.337 e. The number of carbonyl (C=O) groups excluding carboxylic acids is 1. The van der Waals surface area contributed by atoms with Crippen LogP contribution in [0.4, 0.5) is 0 Å². The van der Waals surface area contributed by atoms with E-state index in [9.17, 15) is 14.7 Å². The van der Waals surface area contributed by atoms with E-state index in [2.05, 4.69) is 10.3 Å². The van der Waals surface area contributed by atoms with Gasteiger partial charge >= 0.3 is 5.97 Å². The van der Waals surface area contributed by atoms with Gasteiger partial charge in [-0.15, -0.1) is 11.3 Å². The molecule has 1 amide bonds. The van der Waals surface area contributed by atoms with E-state index in [1.807, 2.05) is 0 Å². The SMILES string of the molecule is Cc1ncc(C(=O)NCC(C)(O)C(=O)O)s1. The van der Waals surface area contributed by atoms with Crippen molar-refractivity contribution in [3.8, 4) is 0 Å². The summed E-state index contributed by atoms with van der Waals surface area (Å²) in [5.74, 6) is -1.82. The van der Waals surface area contributed by atoms with E-state index >= 15 is 0 Å². The molecule has 0 aliphatic heterocycles. The maximum atomic E-state index is 11.5. The summed E-state index contributed by atoms with van der Waals surface area (Å²) in [5, 5.41) is 21.1. The third kappa shape index (κ3) is 3.01. The van der Waals surface area contributed by atoms with Gasteiger partial charge in [-0.3, -0.25) is 4.79 Å². The van der Waals surface area contributed by atoms with Crippen molar-refractivity contribution in [2.24, 2.45) is 0 Å². The Labute approximate surface area is 95.9 Å². The second-order valence-corrected chi connectivity index (χ2v) is 4.74. The van der Waals surface area contributed by atoms with E-state index in [0.29, 0.717) is 4.88 Å². The normalized spacial score (nSPS) is 14.2. The van der Waals surface area contributed by atoms with Crippen molar-refractivity contribution in [1.29, 1.82) is 0 Å². The van der Waals surface area contributed by atoms with Crippen LogP contribution in [0.15, 0.2) is 6.20 Å².